The van der Waals surface area contributed by atoms with E-state index in [9.17, 15) is 9.18 Å². The topological polar surface area (TPSA) is 61.9 Å². The number of benzene rings is 2. The average Bonchev–Trinajstić information content (AvgIpc) is 3.15. The van der Waals surface area contributed by atoms with Crippen molar-refractivity contribution >= 4 is 22.4 Å². The predicted molar refractivity (Wildman–Crippen MR) is 88.8 cm³/mol. The molecule has 2 heterocycles. The van der Waals surface area contributed by atoms with Crippen LogP contribution in [0.2, 0.25) is 0 Å². The molecule has 23 heavy (non-hydrogen) atoms. The van der Waals surface area contributed by atoms with Gasteiger partial charge in [-0.15, -0.1) is 0 Å². The number of aromatic nitrogens is 2. The Hall–Kier alpha value is -2.60. The molecule has 1 aromatic heterocycles. The van der Waals surface area contributed by atoms with Crippen molar-refractivity contribution in [2.75, 3.05) is 18.4 Å². The summed E-state index contributed by atoms with van der Waals surface area (Å²) in [5.74, 6) is -0.266. The number of hydrogen-bond acceptors (Lipinski definition) is 3. The first-order valence-electron chi connectivity index (χ1n) is 7.68. The first-order valence-corrected chi connectivity index (χ1v) is 7.68. The molecular formula is C17H17FN4O. The van der Waals surface area contributed by atoms with Gasteiger partial charge < -0.3 is 15.6 Å². The van der Waals surface area contributed by atoms with Crippen LogP contribution in [-0.2, 0) is 0 Å². The number of nitrogens with one attached hydrogen (secondary N) is 3. The van der Waals surface area contributed by atoms with E-state index < -0.39 is 0 Å². The van der Waals surface area contributed by atoms with Gasteiger partial charge in [0.05, 0.1) is 17.1 Å². The molecule has 1 aliphatic heterocycles. The van der Waals surface area contributed by atoms with Gasteiger partial charge in [-0.25, -0.2) is 9.18 Å². The number of H-pyrrole nitrogens is 1. The number of anilines is 2. The second kappa shape index (κ2) is 5.55. The molecule has 1 aliphatic rings. The molecule has 0 bridgehead atoms. The number of rotatable bonds is 3. The molecule has 1 fully saturated rings. The van der Waals surface area contributed by atoms with Gasteiger partial charge in [0.25, 0.3) is 0 Å². The Morgan fingerprint density at radius 2 is 1.91 bits per heavy atom. The Balaban J connectivity index is 1.68. The molecule has 1 atom stereocenters. The van der Waals surface area contributed by atoms with Gasteiger partial charge in [-0.2, -0.15) is 0 Å². The van der Waals surface area contributed by atoms with Gasteiger partial charge >= 0.3 is 5.69 Å². The molecule has 3 N–H and O–H groups in total. The Labute approximate surface area is 132 Å². The lowest BCUT2D eigenvalue weighted by Gasteiger charge is -2.11. The summed E-state index contributed by atoms with van der Waals surface area (Å²) < 4.78 is 14.8. The molecule has 4 rings (SSSR count). The number of imidazole rings is 1. The highest BCUT2D eigenvalue weighted by Gasteiger charge is 2.20. The average molecular weight is 312 g/mol. The molecule has 0 saturated carbocycles. The van der Waals surface area contributed by atoms with E-state index in [1.807, 2.05) is 22.8 Å². The molecule has 0 spiro atoms. The van der Waals surface area contributed by atoms with Crippen molar-refractivity contribution in [1.29, 1.82) is 0 Å². The molecule has 0 amide bonds. The number of halogens is 1. The molecule has 1 saturated heterocycles. The van der Waals surface area contributed by atoms with Crippen molar-refractivity contribution in [3.05, 3.63) is 58.8 Å². The highest BCUT2D eigenvalue weighted by atomic mass is 19.1. The third-order valence-corrected chi connectivity index (χ3v) is 4.25. The number of nitrogens with zero attached hydrogens (tertiary/aromatic N) is 1. The summed E-state index contributed by atoms with van der Waals surface area (Å²) in [6.07, 6.45) is 0.961. The summed E-state index contributed by atoms with van der Waals surface area (Å²) in [5, 5.41) is 6.50. The zero-order chi connectivity index (χ0) is 15.8. The SMILES string of the molecule is O=c1[nH]c2cc(Nc3ccc(F)cc3)ccc2n1C1CCNC1. The van der Waals surface area contributed by atoms with Crippen LogP contribution in [0.25, 0.3) is 11.0 Å². The monoisotopic (exact) mass is 312 g/mol. The van der Waals surface area contributed by atoms with Crippen molar-refractivity contribution in [3.63, 3.8) is 0 Å². The summed E-state index contributed by atoms with van der Waals surface area (Å²) in [7, 11) is 0. The van der Waals surface area contributed by atoms with Crippen LogP contribution < -0.4 is 16.3 Å². The zero-order valence-electron chi connectivity index (χ0n) is 12.5. The van der Waals surface area contributed by atoms with Crippen molar-refractivity contribution in [1.82, 2.24) is 14.9 Å². The summed E-state index contributed by atoms with van der Waals surface area (Å²) in [4.78, 5) is 15.2. The fourth-order valence-corrected chi connectivity index (χ4v) is 3.13. The summed E-state index contributed by atoms with van der Waals surface area (Å²) in [6, 6.07) is 12.1. The smallest absolute Gasteiger partial charge is 0.326 e. The summed E-state index contributed by atoms with van der Waals surface area (Å²) in [5.41, 5.74) is 3.28. The molecule has 0 aliphatic carbocycles. The normalized spacial score (nSPS) is 17.7. The Morgan fingerprint density at radius 3 is 2.65 bits per heavy atom. The lowest BCUT2D eigenvalue weighted by molar-refractivity contribution is 0.546. The van der Waals surface area contributed by atoms with Crippen LogP contribution in [0, 0.1) is 5.82 Å². The van der Waals surface area contributed by atoms with Crippen LogP contribution >= 0.6 is 0 Å². The van der Waals surface area contributed by atoms with E-state index in [0.717, 1.165) is 41.9 Å². The number of fused-ring (bicyclic) bond motifs is 1. The number of hydrogen-bond donors (Lipinski definition) is 3. The van der Waals surface area contributed by atoms with E-state index in [2.05, 4.69) is 15.6 Å². The van der Waals surface area contributed by atoms with Crippen LogP contribution in [0.1, 0.15) is 12.5 Å². The second-order valence-corrected chi connectivity index (χ2v) is 5.81. The molecule has 2 aromatic carbocycles. The standard InChI is InChI=1S/C17H17FN4O/c18-11-1-3-12(4-2-11)20-13-5-6-16-15(9-13)21-17(23)22(16)14-7-8-19-10-14/h1-6,9,14,19-20H,7-8,10H2,(H,21,23). The van der Waals surface area contributed by atoms with Gasteiger partial charge in [0, 0.05) is 17.9 Å². The highest BCUT2D eigenvalue weighted by Crippen LogP contribution is 2.24. The summed E-state index contributed by atoms with van der Waals surface area (Å²) in [6.45, 7) is 1.76. The summed E-state index contributed by atoms with van der Waals surface area (Å²) >= 11 is 0. The Bertz CT molecular complexity index is 891. The van der Waals surface area contributed by atoms with E-state index >= 15 is 0 Å². The van der Waals surface area contributed by atoms with Crippen molar-refractivity contribution in [2.45, 2.75) is 12.5 Å². The van der Waals surface area contributed by atoms with Gasteiger partial charge in [-0.3, -0.25) is 4.57 Å². The maximum atomic E-state index is 13.0. The van der Waals surface area contributed by atoms with Crippen LogP contribution in [0.15, 0.2) is 47.3 Å². The van der Waals surface area contributed by atoms with Gasteiger partial charge in [0.2, 0.25) is 0 Å². The van der Waals surface area contributed by atoms with Crippen molar-refractivity contribution in [2.24, 2.45) is 0 Å². The third kappa shape index (κ3) is 2.61. The molecule has 1 unspecified atom stereocenters. The Kier molecular flexibility index (Phi) is 3.38. The van der Waals surface area contributed by atoms with Crippen LogP contribution in [0.3, 0.4) is 0 Å². The lowest BCUT2D eigenvalue weighted by Crippen LogP contribution is -2.23. The lowest BCUT2D eigenvalue weighted by atomic mass is 10.2. The Morgan fingerprint density at radius 1 is 1.13 bits per heavy atom. The fourth-order valence-electron chi connectivity index (χ4n) is 3.13. The van der Waals surface area contributed by atoms with Crippen LogP contribution in [0.5, 0.6) is 0 Å². The molecule has 118 valence electrons. The number of aromatic amines is 1. The van der Waals surface area contributed by atoms with E-state index in [1.54, 1.807) is 12.1 Å². The maximum absolute atomic E-state index is 13.0. The fraction of sp³-hybridized carbons (Fsp3) is 0.235. The van der Waals surface area contributed by atoms with Gasteiger partial charge in [0.15, 0.2) is 0 Å². The van der Waals surface area contributed by atoms with Gasteiger partial charge in [-0.05, 0) is 55.4 Å². The first-order chi connectivity index (χ1) is 11.2. The molecule has 5 nitrogen and oxygen atoms in total. The largest absolute Gasteiger partial charge is 0.355 e. The molecular weight excluding hydrogens is 295 g/mol. The predicted octanol–water partition coefficient (Wildman–Crippen LogP) is 2.75. The van der Waals surface area contributed by atoms with E-state index in [1.165, 1.54) is 12.1 Å². The zero-order valence-corrected chi connectivity index (χ0v) is 12.5. The third-order valence-electron chi connectivity index (χ3n) is 4.25. The van der Waals surface area contributed by atoms with E-state index in [0.29, 0.717) is 0 Å². The van der Waals surface area contributed by atoms with E-state index in [4.69, 9.17) is 0 Å². The highest BCUT2D eigenvalue weighted by molar-refractivity contribution is 5.81. The van der Waals surface area contributed by atoms with Crippen LogP contribution in [0.4, 0.5) is 15.8 Å². The van der Waals surface area contributed by atoms with E-state index in [-0.39, 0.29) is 17.5 Å². The minimum absolute atomic E-state index is 0.0763. The second-order valence-electron chi connectivity index (χ2n) is 5.81. The van der Waals surface area contributed by atoms with Crippen LogP contribution in [-0.4, -0.2) is 22.6 Å². The quantitative estimate of drug-likeness (QED) is 0.697. The van der Waals surface area contributed by atoms with Gasteiger partial charge in [0.1, 0.15) is 5.82 Å². The maximum Gasteiger partial charge on any atom is 0.326 e. The minimum Gasteiger partial charge on any atom is -0.355 e. The minimum atomic E-state index is -0.266. The first kappa shape index (κ1) is 14.0. The van der Waals surface area contributed by atoms with Crippen molar-refractivity contribution in [3.8, 4) is 0 Å². The molecule has 0 radical (unpaired) electrons. The molecule has 3 aromatic rings. The van der Waals surface area contributed by atoms with Gasteiger partial charge in [-0.1, -0.05) is 0 Å². The molecule has 6 heteroatoms. The van der Waals surface area contributed by atoms with Crippen molar-refractivity contribution < 1.29 is 4.39 Å².